The minimum absolute atomic E-state index is 0.00857. The van der Waals surface area contributed by atoms with Crippen molar-refractivity contribution in [1.29, 1.82) is 0 Å². The largest absolute Gasteiger partial charge is 0.462 e. The maximum atomic E-state index is 14.6. The number of benzene rings is 1. The van der Waals surface area contributed by atoms with Gasteiger partial charge in [0, 0.05) is 31.5 Å². The first-order valence-electron chi connectivity index (χ1n) is 25.0. The van der Waals surface area contributed by atoms with E-state index in [4.69, 9.17) is 23.8 Å². The Labute approximate surface area is 374 Å². The molecule has 62 heavy (non-hydrogen) atoms. The molecule has 8 fully saturated rings. The van der Waals surface area contributed by atoms with Crippen molar-refractivity contribution in [2.75, 3.05) is 33.4 Å². The summed E-state index contributed by atoms with van der Waals surface area (Å²) in [4.78, 5) is 47.2. The van der Waals surface area contributed by atoms with Gasteiger partial charge < -0.3 is 19.1 Å². The highest BCUT2D eigenvalue weighted by molar-refractivity contribution is 5.80. The summed E-state index contributed by atoms with van der Waals surface area (Å²) in [5, 5.41) is 0. The zero-order valence-corrected chi connectivity index (χ0v) is 40.0. The molecular weight excluding hydrogens is 775 g/mol. The number of methoxy groups -OCH3 is 1. The van der Waals surface area contributed by atoms with Crippen LogP contribution in [0.1, 0.15) is 151 Å². The van der Waals surface area contributed by atoms with Gasteiger partial charge in [-0.15, -0.1) is 0 Å². The number of likely N-dealkylation sites (tertiary alicyclic amines) is 1. The number of esters is 1. The summed E-state index contributed by atoms with van der Waals surface area (Å²) in [6.07, 6.45) is 18.0. The molecule has 0 aromatic heterocycles. The molecular formula is C54H81NO7. The van der Waals surface area contributed by atoms with Crippen LogP contribution in [0.4, 0.5) is 0 Å². The lowest BCUT2D eigenvalue weighted by molar-refractivity contribution is -0.248. The normalized spacial score (nSPS) is 42.2. The van der Waals surface area contributed by atoms with Crippen molar-refractivity contribution >= 4 is 18.0 Å². The average Bonchev–Trinajstić information content (AvgIpc) is 3.86. The molecule has 0 bridgehead atoms. The number of piperidine rings is 1. The fourth-order valence-electron chi connectivity index (χ4n) is 17.1. The van der Waals surface area contributed by atoms with Crippen LogP contribution in [0, 0.1) is 85.8 Å². The molecule has 8 heteroatoms. The summed E-state index contributed by atoms with van der Waals surface area (Å²) in [7, 11) is 1.73. The van der Waals surface area contributed by atoms with Crippen LogP contribution in [0.15, 0.2) is 30.3 Å². The number of hydrogen-bond donors (Lipinski definition) is 0. The number of rotatable bonds is 10. The third kappa shape index (κ3) is 7.58. The number of ether oxygens (including phenoxy) is 3. The van der Waals surface area contributed by atoms with E-state index in [1.54, 1.807) is 7.11 Å². The quantitative estimate of drug-likeness (QED) is 0.171. The molecule has 0 spiro atoms. The van der Waals surface area contributed by atoms with Crippen LogP contribution in [-0.4, -0.2) is 68.5 Å². The Bertz CT molecular complexity index is 1810. The zero-order chi connectivity index (χ0) is 44.5. The minimum Gasteiger partial charge on any atom is -0.462 e. The molecule has 8 nitrogen and oxygen atoms in total. The van der Waals surface area contributed by atoms with Crippen LogP contribution in [0.25, 0.3) is 0 Å². The fourth-order valence-corrected chi connectivity index (χ4v) is 17.1. The number of amides is 1. The third-order valence-corrected chi connectivity index (χ3v) is 21.3. The number of nitrogens with zero attached hydrogens (tertiary/aromatic N) is 1. The summed E-state index contributed by atoms with van der Waals surface area (Å²) in [6, 6.07) is 10.8. The van der Waals surface area contributed by atoms with Gasteiger partial charge in [-0.05, 0) is 170 Å². The van der Waals surface area contributed by atoms with E-state index < -0.39 is 0 Å². The smallest absolute Gasteiger partial charge is 0.373 e. The standard InChI is InChI=1S/C53H81NO5.CO2/c1-48(2)35(31-34-13-11-10-12-14-34)32-41(48)47(56)59-44-19-22-51(6)42(49(44,3)4)18-24-53(8)43(51)16-15-39-45-37(17-23-52(39,53)7)38(33-40(45)50(5)25-26-50)46(55)54-27-20-36(21-28-54)58-30-29-57-9;2-1-3/h10-14,35-45H,15-33H2,1-9H3;/t35-,37?,38-,39-,40-,41-,42+,43-,44+,45+,51+,52-,53-;/m1./s1. The Kier molecular flexibility index (Phi) is 12.6. The van der Waals surface area contributed by atoms with Gasteiger partial charge in [-0.3, -0.25) is 9.59 Å². The zero-order valence-electron chi connectivity index (χ0n) is 40.0. The molecule has 7 saturated carbocycles. The van der Waals surface area contributed by atoms with Gasteiger partial charge in [0.05, 0.1) is 25.2 Å². The molecule has 0 radical (unpaired) electrons. The number of fused-ring (bicyclic) bond motifs is 7. The van der Waals surface area contributed by atoms with Gasteiger partial charge in [0.15, 0.2) is 0 Å². The van der Waals surface area contributed by atoms with Gasteiger partial charge in [0.2, 0.25) is 5.91 Å². The molecule has 1 aromatic rings. The van der Waals surface area contributed by atoms with Crippen molar-refractivity contribution in [3.63, 3.8) is 0 Å². The van der Waals surface area contributed by atoms with E-state index in [2.05, 4.69) is 90.6 Å². The summed E-state index contributed by atoms with van der Waals surface area (Å²) in [5.41, 5.74) is 2.54. The molecule has 9 rings (SSSR count). The highest BCUT2D eigenvalue weighted by atomic mass is 16.5. The molecule has 1 unspecified atom stereocenters. The van der Waals surface area contributed by atoms with Crippen LogP contribution < -0.4 is 0 Å². The molecule has 8 aliphatic rings. The third-order valence-electron chi connectivity index (χ3n) is 21.3. The van der Waals surface area contributed by atoms with Crippen molar-refractivity contribution in [1.82, 2.24) is 4.90 Å². The SMILES string of the molecule is COCCOC1CCN(C(=O)[C@@H]2C[C@@H](C3(C)CC3)[C@H]3C2CC[C@]2(C)[C@@H]3CC[C@@H]3[C@@]4(C)CC[C@H](OC(=O)[C@H]5C[C@@H](Cc6ccccc6)C5(C)C)C(C)(C)[C@@H]4CC[C@]32C)CC1.O=C=O. The number of carbonyl (C=O) groups is 2. The molecule has 1 aliphatic heterocycles. The first-order chi connectivity index (χ1) is 29.4. The van der Waals surface area contributed by atoms with E-state index in [1.807, 2.05) is 0 Å². The first-order valence-corrected chi connectivity index (χ1v) is 25.0. The molecule has 1 amide bonds. The predicted octanol–water partition coefficient (Wildman–Crippen LogP) is 10.6. The van der Waals surface area contributed by atoms with Crippen molar-refractivity contribution < 1.29 is 33.4 Å². The van der Waals surface area contributed by atoms with Crippen molar-refractivity contribution in [3.05, 3.63) is 35.9 Å². The van der Waals surface area contributed by atoms with Gasteiger partial charge in [-0.2, -0.15) is 9.59 Å². The molecule has 1 aromatic carbocycles. The first kappa shape index (κ1) is 46.0. The Balaban J connectivity index is 0.00000171. The number of hydrogen-bond acceptors (Lipinski definition) is 7. The summed E-state index contributed by atoms with van der Waals surface area (Å²) < 4.78 is 18.0. The summed E-state index contributed by atoms with van der Waals surface area (Å²) >= 11 is 0. The molecule has 1 saturated heterocycles. The second kappa shape index (κ2) is 17.0. The van der Waals surface area contributed by atoms with E-state index in [0.717, 1.165) is 51.6 Å². The maximum Gasteiger partial charge on any atom is 0.373 e. The van der Waals surface area contributed by atoms with Crippen LogP contribution in [0.2, 0.25) is 0 Å². The minimum atomic E-state index is -0.0497. The van der Waals surface area contributed by atoms with Gasteiger partial charge in [-0.1, -0.05) is 85.7 Å². The van der Waals surface area contributed by atoms with E-state index in [-0.39, 0.29) is 57.8 Å². The van der Waals surface area contributed by atoms with E-state index in [9.17, 15) is 9.59 Å². The lowest BCUT2D eigenvalue weighted by Crippen LogP contribution is -2.66. The maximum absolute atomic E-state index is 14.6. The van der Waals surface area contributed by atoms with Crippen molar-refractivity contribution in [2.45, 2.75) is 164 Å². The van der Waals surface area contributed by atoms with Gasteiger partial charge in [-0.25, -0.2) is 0 Å². The second-order valence-corrected chi connectivity index (χ2v) is 24.3. The van der Waals surface area contributed by atoms with Gasteiger partial charge in [0.1, 0.15) is 6.10 Å². The lowest BCUT2D eigenvalue weighted by atomic mass is 9.33. The molecule has 13 atom stereocenters. The molecule has 1 heterocycles. The predicted molar refractivity (Wildman–Crippen MR) is 239 cm³/mol. The molecule has 344 valence electrons. The Morgan fingerprint density at radius 3 is 2.05 bits per heavy atom. The van der Waals surface area contributed by atoms with Gasteiger partial charge in [0.25, 0.3) is 0 Å². The second-order valence-electron chi connectivity index (χ2n) is 24.3. The summed E-state index contributed by atoms with van der Waals surface area (Å²) in [6.45, 7) is 23.3. The van der Waals surface area contributed by atoms with Crippen molar-refractivity contribution in [3.8, 4) is 0 Å². The van der Waals surface area contributed by atoms with E-state index >= 15 is 0 Å². The Morgan fingerprint density at radius 2 is 1.40 bits per heavy atom. The van der Waals surface area contributed by atoms with Crippen LogP contribution in [0.5, 0.6) is 0 Å². The Morgan fingerprint density at radius 1 is 0.726 bits per heavy atom. The highest BCUT2D eigenvalue weighted by Crippen LogP contribution is 2.78. The lowest BCUT2D eigenvalue weighted by Gasteiger charge is -2.72. The number of carbonyl (C=O) groups excluding carboxylic acids is 4. The van der Waals surface area contributed by atoms with Crippen LogP contribution in [0.3, 0.4) is 0 Å². The van der Waals surface area contributed by atoms with E-state index in [0.29, 0.717) is 71.4 Å². The van der Waals surface area contributed by atoms with Crippen molar-refractivity contribution in [2.24, 2.45) is 85.8 Å². The van der Waals surface area contributed by atoms with Gasteiger partial charge >= 0.3 is 12.1 Å². The average molecular weight is 856 g/mol. The topological polar surface area (TPSA) is 99.2 Å². The molecule has 0 N–H and O–H groups in total. The molecule has 7 aliphatic carbocycles. The van der Waals surface area contributed by atoms with Crippen LogP contribution in [-0.2, 0) is 39.8 Å². The van der Waals surface area contributed by atoms with Crippen LogP contribution >= 0.6 is 0 Å². The summed E-state index contributed by atoms with van der Waals surface area (Å²) in [5.74, 6) is 5.12. The highest BCUT2D eigenvalue weighted by Gasteiger charge is 2.71. The fraction of sp³-hybridized carbons (Fsp3) is 0.833. The van der Waals surface area contributed by atoms with E-state index in [1.165, 1.54) is 63.4 Å². The monoisotopic (exact) mass is 856 g/mol. The Hall–Kier alpha value is -2.54.